The van der Waals surface area contributed by atoms with Crippen molar-refractivity contribution < 1.29 is 9.13 Å². The maximum Gasteiger partial charge on any atom is 0.258 e. The summed E-state index contributed by atoms with van der Waals surface area (Å²) in [5, 5.41) is 0. The third-order valence-electron chi connectivity index (χ3n) is 6.28. The van der Waals surface area contributed by atoms with Gasteiger partial charge in [-0.25, -0.2) is 14.4 Å². The van der Waals surface area contributed by atoms with Gasteiger partial charge in [0.05, 0.1) is 23.7 Å². The maximum absolute atomic E-state index is 14.5. The number of hydrogen-bond donors (Lipinski definition) is 0. The van der Waals surface area contributed by atoms with E-state index in [9.17, 15) is 9.18 Å². The van der Waals surface area contributed by atoms with Crippen LogP contribution in [0, 0.1) is 12.7 Å². The van der Waals surface area contributed by atoms with Crippen LogP contribution in [0.25, 0.3) is 22.6 Å². The molecule has 1 saturated heterocycles. The van der Waals surface area contributed by atoms with Gasteiger partial charge in [0.2, 0.25) is 0 Å². The minimum atomic E-state index is -0.447. The monoisotopic (exact) mass is 450 g/mol. The quantitative estimate of drug-likeness (QED) is 0.466. The van der Waals surface area contributed by atoms with Gasteiger partial charge in [0.1, 0.15) is 5.65 Å². The van der Waals surface area contributed by atoms with Crippen LogP contribution in [0.5, 0.6) is 0 Å². The van der Waals surface area contributed by atoms with Gasteiger partial charge in [-0.05, 0) is 32.0 Å². The molecule has 0 saturated carbocycles. The standard InChI is InChI=1S/C24H27FN6O2/c1-16-12-30-14-18(10-20(25)24(30)26-16)21-11-23(32)31-15-19(4-5-22(31)27-21)29-7-6-28(8-9-33-3)17(2)13-29/h4-5,10-12,14-15,17H,6-9,13H2,1-3H3/t17-/m0/s1. The molecule has 0 amide bonds. The number of aryl methyl sites for hydroxylation is 1. The van der Waals surface area contributed by atoms with Crippen molar-refractivity contribution in [1.82, 2.24) is 23.7 Å². The minimum absolute atomic E-state index is 0.203. The highest BCUT2D eigenvalue weighted by molar-refractivity contribution is 5.64. The van der Waals surface area contributed by atoms with Crippen LogP contribution in [0.4, 0.5) is 10.1 Å². The molecule has 0 aromatic carbocycles. The Morgan fingerprint density at radius 3 is 2.79 bits per heavy atom. The summed E-state index contributed by atoms with van der Waals surface area (Å²) in [6.07, 6.45) is 5.34. The second kappa shape index (κ2) is 8.57. The van der Waals surface area contributed by atoms with Gasteiger partial charge < -0.3 is 14.0 Å². The van der Waals surface area contributed by atoms with E-state index in [0.717, 1.165) is 44.2 Å². The first-order valence-electron chi connectivity index (χ1n) is 11.1. The zero-order chi connectivity index (χ0) is 23.1. The summed E-state index contributed by atoms with van der Waals surface area (Å²) in [6, 6.07) is 7.05. The van der Waals surface area contributed by atoms with Gasteiger partial charge in [0, 0.05) is 69.6 Å². The van der Waals surface area contributed by atoms with Gasteiger partial charge >= 0.3 is 0 Å². The Morgan fingerprint density at radius 1 is 1.15 bits per heavy atom. The fraction of sp³-hybridized carbons (Fsp3) is 0.375. The lowest BCUT2D eigenvalue weighted by Crippen LogP contribution is -2.52. The first kappa shape index (κ1) is 21.5. The van der Waals surface area contributed by atoms with Crippen molar-refractivity contribution in [2.24, 2.45) is 0 Å². The smallest absolute Gasteiger partial charge is 0.258 e. The van der Waals surface area contributed by atoms with E-state index in [1.807, 2.05) is 25.3 Å². The number of halogens is 1. The fourth-order valence-corrected chi connectivity index (χ4v) is 4.52. The van der Waals surface area contributed by atoms with Gasteiger partial charge in [-0.3, -0.25) is 14.1 Å². The number of methoxy groups -OCH3 is 1. The fourth-order valence-electron chi connectivity index (χ4n) is 4.52. The van der Waals surface area contributed by atoms with Gasteiger partial charge in [0.15, 0.2) is 11.5 Å². The molecule has 172 valence electrons. The molecule has 0 unspecified atom stereocenters. The molecule has 5 heterocycles. The molecule has 4 aromatic heterocycles. The van der Waals surface area contributed by atoms with Crippen LogP contribution in [0.1, 0.15) is 12.6 Å². The van der Waals surface area contributed by atoms with Crippen molar-refractivity contribution in [3.05, 3.63) is 64.7 Å². The molecule has 0 bridgehead atoms. The Kier molecular flexibility index (Phi) is 5.59. The van der Waals surface area contributed by atoms with E-state index in [4.69, 9.17) is 4.74 Å². The molecule has 0 N–H and O–H groups in total. The summed E-state index contributed by atoms with van der Waals surface area (Å²) in [7, 11) is 1.72. The topological polar surface area (TPSA) is 67.4 Å². The number of hydrogen-bond acceptors (Lipinski definition) is 6. The van der Waals surface area contributed by atoms with E-state index < -0.39 is 5.82 Å². The van der Waals surface area contributed by atoms with Crippen molar-refractivity contribution in [2.75, 3.05) is 44.8 Å². The Balaban J connectivity index is 1.45. The molecule has 1 aliphatic heterocycles. The number of pyridine rings is 2. The lowest BCUT2D eigenvalue weighted by atomic mass is 10.1. The second-order valence-corrected chi connectivity index (χ2v) is 8.61. The predicted octanol–water partition coefficient (Wildman–Crippen LogP) is 2.61. The van der Waals surface area contributed by atoms with Crippen LogP contribution in [0.2, 0.25) is 0 Å². The molecular weight excluding hydrogens is 423 g/mol. The van der Waals surface area contributed by atoms with Crippen LogP contribution in [0.3, 0.4) is 0 Å². The molecule has 0 spiro atoms. The molecule has 33 heavy (non-hydrogen) atoms. The first-order valence-corrected chi connectivity index (χ1v) is 11.1. The normalized spacial score (nSPS) is 17.3. The number of nitrogens with zero attached hydrogens (tertiary/aromatic N) is 6. The molecule has 8 nitrogen and oxygen atoms in total. The zero-order valence-electron chi connectivity index (χ0n) is 19.0. The van der Waals surface area contributed by atoms with Gasteiger partial charge in [-0.1, -0.05) is 0 Å². The maximum atomic E-state index is 14.5. The first-order chi connectivity index (χ1) is 15.9. The number of imidazole rings is 1. The van der Waals surface area contributed by atoms with E-state index in [1.165, 1.54) is 12.1 Å². The van der Waals surface area contributed by atoms with Crippen LogP contribution >= 0.6 is 0 Å². The van der Waals surface area contributed by atoms with Gasteiger partial charge in [-0.15, -0.1) is 0 Å². The molecule has 1 atom stereocenters. The SMILES string of the molecule is COCCN1CCN(c2ccc3nc(-c4cc(F)c5nc(C)cn5c4)cc(=O)n3c2)C[C@@H]1C. The largest absolute Gasteiger partial charge is 0.383 e. The number of piperazine rings is 1. The average molecular weight is 451 g/mol. The van der Waals surface area contributed by atoms with Crippen LogP contribution in [-0.4, -0.2) is 69.6 Å². The molecule has 0 aliphatic carbocycles. The third kappa shape index (κ3) is 4.09. The Morgan fingerprint density at radius 2 is 2.00 bits per heavy atom. The number of anilines is 1. The van der Waals surface area contributed by atoms with Crippen molar-refractivity contribution in [1.29, 1.82) is 0 Å². The van der Waals surface area contributed by atoms with Gasteiger partial charge in [-0.2, -0.15) is 0 Å². The summed E-state index contributed by atoms with van der Waals surface area (Å²) in [5.74, 6) is -0.447. The van der Waals surface area contributed by atoms with E-state index in [-0.39, 0.29) is 11.2 Å². The highest BCUT2D eigenvalue weighted by Gasteiger charge is 2.24. The zero-order valence-corrected chi connectivity index (χ0v) is 19.0. The number of fused-ring (bicyclic) bond motifs is 2. The third-order valence-corrected chi connectivity index (χ3v) is 6.28. The highest BCUT2D eigenvalue weighted by Crippen LogP contribution is 2.23. The molecule has 1 fully saturated rings. The van der Waals surface area contributed by atoms with Crippen LogP contribution in [0.15, 0.2) is 47.7 Å². The summed E-state index contributed by atoms with van der Waals surface area (Å²) in [5.41, 5.74) is 3.25. The lowest BCUT2D eigenvalue weighted by molar-refractivity contribution is 0.117. The van der Waals surface area contributed by atoms with Crippen molar-refractivity contribution in [3.8, 4) is 11.3 Å². The van der Waals surface area contributed by atoms with Crippen LogP contribution in [-0.2, 0) is 4.74 Å². The average Bonchev–Trinajstić information content (AvgIpc) is 3.19. The van der Waals surface area contributed by atoms with Crippen molar-refractivity contribution >= 4 is 17.0 Å². The molecule has 5 rings (SSSR count). The molecule has 1 aliphatic rings. The Bertz CT molecular complexity index is 1380. The summed E-state index contributed by atoms with van der Waals surface area (Å²) >= 11 is 0. The van der Waals surface area contributed by atoms with E-state index in [1.54, 1.807) is 28.3 Å². The lowest BCUT2D eigenvalue weighted by Gasteiger charge is -2.40. The summed E-state index contributed by atoms with van der Waals surface area (Å²) in [6.45, 7) is 8.35. The molecule has 0 radical (unpaired) electrons. The Hall–Kier alpha value is -3.30. The summed E-state index contributed by atoms with van der Waals surface area (Å²) in [4.78, 5) is 26.5. The van der Waals surface area contributed by atoms with Crippen molar-refractivity contribution in [3.63, 3.8) is 0 Å². The summed E-state index contributed by atoms with van der Waals surface area (Å²) < 4.78 is 22.9. The highest BCUT2D eigenvalue weighted by atomic mass is 19.1. The van der Waals surface area contributed by atoms with Crippen LogP contribution < -0.4 is 10.5 Å². The van der Waals surface area contributed by atoms with Gasteiger partial charge in [0.25, 0.3) is 5.56 Å². The second-order valence-electron chi connectivity index (χ2n) is 8.61. The van der Waals surface area contributed by atoms with Crippen molar-refractivity contribution in [2.45, 2.75) is 19.9 Å². The Labute approximate surface area is 190 Å². The number of rotatable bonds is 5. The van der Waals surface area contributed by atoms with E-state index in [2.05, 4.69) is 26.7 Å². The number of aromatic nitrogens is 4. The predicted molar refractivity (Wildman–Crippen MR) is 125 cm³/mol. The van der Waals surface area contributed by atoms with E-state index in [0.29, 0.717) is 22.9 Å². The van der Waals surface area contributed by atoms with E-state index >= 15 is 0 Å². The molecule has 9 heteroatoms. The number of ether oxygens (including phenoxy) is 1. The minimum Gasteiger partial charge on any atom is -0.383 e. The molecule has 4 aromatic rings. The molecular formula is C24H27FN6O2.